The van der Waals surface area contributed by atoms with Crippen molar-refractivity contribution in [2.75, 3.05) is 13.6 Å². The minimum Gasteiger partial charge on any atom is -0.391 e. The van der Waals surface area contributed by atoms with E-state index >= 15 is 0 Å². The van der Waals surface area contributed by atoms with E-state index in [0.29, 0.717) is 12.5 Å². The normalized spacial score (nSPS) is 19.8. The minimum atomic E-state index is -0.878. The molecule has 0 aromatic heterocycles. The summed E-state index contributed by atoms with van der Waals surface area (Å²) in [7, 11) is 1.59. The van der Waals surface area contributed by atoms with E-state index in [1.807, 2.05) is 13.8 Å². The molecule has 0 aliphatic heterocycles. The van der Waals surface area contributed by atoms with Crippen molar-refractivity contribution < 1.29 is 14.7 Å². The molecule has 2 N–H and O–H groups in total. The highest BCUT2D eigenvalue weighted by Gasteiger charge is 2.38. The molecule has 1 rings (SSSR count). The second-order valence-corrected chi connectivity index (χ2v) is 5.16. The highest BCUT2D eigenvalue weighted by molar-refractivity contribution is 5.88. The van der Waals surface area contributed by atoms with E-state index in [-0.39, 0.29) is 17.7 Å². The van der Waals surface area contributed by atoms with E-state index in [1.165, 1.54) is 11.8 Å². The molecule has 0 heterocycles. The number of hydrogen-bond acceptors (Lipinski definition) is 3. The fraction of sp³-hybridized carbons (Fsp3) is 0.846. The Morgan fingerprint density at radius 2 is 1.94 bits per heavy atom. The summed E-state index contributed by atoms with van der Waals surface area (Å²) in [5, 5.41) is 12.4. The van der Waals surface area contributed by atoms with Gasteiger partial charge in [-0.2, -0.15) is 0 Å². The molecule has 0 spiro atoms. The summed E-state index contributed by atoms with van der Waals surface area (Å²) in [6.45, 7) is 5.73. The van der Waals surface area contributed by atoms with Crippen molar-refractivity contribution in [3.63, 3.8) is 0 Å². The van der Waals surface area contributed by atoms with Crippen LogP contribution in [0.2, 0.25) is 0 Å². The predicted octanol–water partition coefficient (Wildman–Crippen LogP) is 0.376. The van der Waals surface area contributed by atoms with E-state index in [0.717, 1.165) is 12.8 Å². The number of rotatable bonds is 6. The van der Waals surface area contributed by atoms with Gasteiger partial charge in [0.1, 0.15) is 6.04 Å². The molecule has 5 nitrogen and oxygen atoms in total. The summed E-state index contributed by atoms with van der Waals surface area (Å²) < 4.78 is 0. The Bertz CT molecular complexity index is 313. The largest absolute Gasteiger partial charge is 0.391 e. The Hall–Kier alpha value is -1.10. The molecule has 2 amide bonds. The van der Waals surface area contributed by atoms with Gasteiger partial charge in [-0.1, -0.05) is 6.92 Å². The number of carbonyl (C=O) groups excluding carboxylic acids is 2. The van der Waals surface area contributed by atoms with Gasteiger partial charge in [0.15, 0.2) is 0 Å². The average molecular weight is 256 g/mol. The van der Waals surface area contributed by atoms with Crippen LogP contribution in [-0.2, 0) is 9.59 Å². The lowest BCUT2D eigenvalue weighted by molar-refractivity contribution is -0.145. The zero-order valence-electron chi connectivity index (χ0n) is 11.6. The topological polar surface area (TPSA) is 69.6 Å². The second-order valence-electron chi connectivity index (χ2n) is 5.16. The number of hydrogen-bond donors (Lipinski definition) is 2. The Morgan fingerprint density at radius 3 is 2.33 bits per heavy atom. The summed E-state index contributed by atoms with van der Waals surface area (Å²) in [6.07, 6.45) is 1.29. The van der Waals surface area contributed by atoms with Gasteiger partial charge in [0.25, 0.3) is 0 Å². The molecule has 0 radical (unpaired) electrons. The molecular weight excluding hydrogens is 232 g/mol. The molecule has 1 fully saturated rings. The summed E-state index contributed by atoms with van der Waals surface area (Å²) in [5.74, 6) is 0.0236. The molecule has 3 atom stereocenters. The quantitative estimate of drug-likeness (QED) is 0.721. The van der Waals surface area contributed by atoms with Crippen LogP contribution in [0.5, 0.6) is 0 Å². The predicted molar refractivity (Wildman–Crippen MR) is 68.8 cm³/mol. The van der Waals surface area contributed by atoms with Crippen molar-refractivity contribution in [2.45, 2.75) is 45.8 Å². The highest BCUT2D eigenvalue weighted by atomic mass is 16.3. The first-order valence-electron chi connectivity index (χ1n) is 6.62. The van der Waals surface area contributed by atoms with Crippen molar-refractivity contribution in [2.24, 2.45) is 11.8 Å². The van der Waals surface area contributed by atoms with Crippen LogP contribution < -0.4 is 5.32 Å². The number of aliphatic hydroxyl groups is 1. The molecule has 0 aromatic rings. The first-order valence-corrected chi connectivity index (χ1v) is 6.62. The Morgan fingerprint density at radius 1 is 1.39 bits per heavy atom. The summed E-state index contributed by atoms with van der Waals surface area (Å²) in [4.78, 5) is 25.5. The van der Waals surface area contributed by atoms with Crippen LogP contribution in [0.15, 0.2) is 0 Å². The van der Waals surface area contributed by atoms with Gasteiger partial charge in [-0.25, -0.2) is 0 Å². The van der Waals surface area contributed by atoms with Gasteiger partial charge < -0.3 is 15.3 Å². The van der Waals surface area contributed by atoms with Crippen LogP contribution >= 0.6 is 0 Å². The lowest BCUT2D eigenvalue weighted by Gasteiger charge is -2.31. The Labute approximate surface area is 109 Å². The van der Waals surface area contributed by atoms with Gasteiger partial charge in [0.2, 0.25) is 11.8 Å². The Balaban J connectivity index is 2.71. The first-order chi connectivity index (χ1) is 8.40. The zero-order valence-corrected chi connectivity index (χ0v) is 11.6. The van der Waals surface area contributed by atoms with E-state index in [1.54, 1.807) is 7.05 Å². The van der Waals surface area contributed by atoms with Crippen molar-refractivity contribution in [3.05, 3.63) is 0 Å². The zero-order chi connectivity index (χ0) is 13.9. The smallest absolute Gasteiger partial charge is 0.245 e. The van der Waals surface area contributed by atoms with Crippen molar-refractivity contribution in [1.29, 1.82) is 0 Å². The molecule has 1 saturated carbocycles. The summed E-state index contributed by atoms with van der Waals surface area (Å²) in [6, 6.07) is -0.807. The van der Waals surface area contributed by atoms with Gasteiger partial charge in [-0.3, -0.25) is 9.59 Å². The molecular formula is C13H24N2O3. The molecule has 1 aliphatic carbocycles. The number of nitrogens with zero attached hydrogens (tertiary/aromatic N) is 1. The SMILES string of the molecule is CCNC(=O)C(C(C)O)N(C)C(=O)C(C)C1CC1. The fourth-order valence-electron chi connectivity index (χ4n) is 2.25. The van der Waals surface area contributed by atoms with Crippen molar-refractivity contribution in [3.8, 4) is 0 Å². The maximum Gasteiger partial charge on any atom is 0.245 e. The minimum absolute atomic E-state index is 0.0605. The van der Waals surface area contributed by atoms with Gasteiger partial charge in [0, 0.05) is 19.5 Å². The van der Waals surface area contributed by atoms with Crippen LogP contribution in [0.25, 0.3) is 0 Å². The van der Waals surface area contributed by atoms with Crippen LogP contribution in [0.4, 0.5) is 0 Å². The lowest BCUT2D eigenvalue weighted by atomic mass is 10.0. The number of amides is 2. The van der Waals surface area contributed by atoms with Crippen LogP contribution in [0, 0.1) is 11.8 Å². The van der Waals surface area contributed by atoms with E-state index in [9.17, 15) is 14.7 Å². The van der Waals surface area contributed by atoms with E-state index < -0.39 is 12.1 Å². The number of carbonyl (C=O) groups is 2. The van der Waals surface area contributed by atoms with Crippen LogP contribution in [0.1, 0.15) is 33.6 Å². The average Bonchev–Trinajstić information content (AvgIpc) is 3.10. The van der Waals surface area contributed by atoms with Crippen LogP contribution in [0.3, 0.4) is 0 Å². The number of aliphatic hydroxyl groups excluding tert-OH is 1. The van der Waals surface area contributed by atoms with Gasteiger partial charge in [-0.15, -0.1) is 0 Å². The summed E-state index contributed by atoms with van der Waals surface area (Å²) in [5.41, 5.74) is 0. The number of nitrogens with one attached hydrogen (secondary N) is 1. The van der Waals surface area contributed by atoms with Gasteiger partial charge in [0.05, 0.1) is 6.10 Å². The van der Waals surface area contributed by atoms with E-state index in [2.05, 4.69) is 5.32 Å². The monoisotopic (exact) mass is 256 g/mol. The maximum absolute atomic E-state index is 12.2. The lowest BCUT2D eigenvalue weighted by Crippen LogP contribution is -2.54. The van der Waals surface area contributed by atoms with Crippen molar-refractivity contribution >= 4 is 11.8 Å². The molecule has 5 heteroatoms. The molecule has 0 bridgehead atoms. The third kappa shape index (κ3) is 3.45. The van der Waals surface area contributed by atoms with Gasteiger partial charge >= 0.3 is 0 Å². The third-order valence-corrected chi connectivity index (χ3v) is 3.56. The molecule has 3 unspecified atom stereocenters. The second kappa shape index (κ2) is 6.18. The standard InChI is InChI=1S/C13H24N2O3/c1-5-14-12(17)11(9(3)16)15(4)13(18)8(2)10-6-7-10/h8-11,16H,5-7H2,1-4H3,(H,14,17). The summed E-state index contributed by atoms with van der Waals surface area (Å²) >= 11 is 0. The van der Waals surface area contributed by atoms with Gasteiger partial charge in [-0.05, 0) is 32.6 Å². The first kappa shape index (κ1) is 15.0. The molecule has 0 saturated heterocycles. The molecule has 18 heavy (non-hydrogen) atoms. The molecule has 0 aromatic carbocycles. The van der Waals surface area contributed by atoms with Crippen LogP contribution in [-0.4, -0.2) is 47.6 Å². The molecule has 1 aliphatic rings. The molecule has 104 valence electrons. The maximum atomic E-state index is 12.2. The Kier molecular flexibility index (Phi) is 5.14. The highest BCUT2D eigenvalue weighted by Crippen LogP contribution is 2.37. The fourth-order valence-corrected chi connectivity index (χ4v) is 2.25. The van der Waals surface area contributed by atoms with Crippen molar-refractivity contribution in [1.82, 2.24) is 10.2 Å². The number of likely N-dealkylation sites (N-methyl/N-ethyl adjacent to an activating group) is 2. The van der Waals surface area contributed by atoms with E-state index in [4.69, 9.17) is 0 Å². The third-order valence-electron chi connectivity index (χ3n) is 3.56.